The maximum absolute atomic E-state index is 13.1. The van der Waals surface area contributed by atoms with E-state index in [9.17, 15) is 4.79 Å². The lowest BCUT2D eigenvalue weighted by atomic mass is 10.0. The van der Waals surface area contributed by atoms with E-state index in [4.69, 9.17) is 4.98 Å². The van der Waals surface area contributed by atoms with Crippen LogP contribution in [0.5, 0.6) is 0 Å². The largest absolute Gasteiger partial charge is 0.353 e. The van der Waals surface area contributed by atoms with E-state index in [1.807, 2.05) is 54.3 Å². The SMILES string of the molecule is Cc1cc(N2CCN(C(=O)c3ccc(-c4ccccc4)cc3)CC2)nc(N2CCCCC2)n1. The molecule has 0 bridgehead atoms. The number of anilines is 2. The molecule has 170 valence electrons. The fraction of sp³-hybridized carbons (Fsp3) is 0.370. The number of aromatic nitrogens is 2. The molecule has 2 aromatic carbocycles. The van der Waals surface area contributed by atoms with Crippen LogP contribution < -0.4 is 9.80 Å². The highest BCUT2D eigenvalue weighted by Gasteiger charge is 2.24. The zero-order valence-electron chi connectivity index (χ0n) is 19.3. The lowest BCUT2D eigenvalue weighted by Crippen LogP contribution is -2.49. The van der Waals surface area contributed by atoms with Gasteiger partial charge in [0.2, 0.25) is 5.95 Å². The summed E-state index contributed by atoms with van der Waals surface area (Å²) in [5.74, 6) is 1.92. The highest BCUT2D eigenvalue weighted by atomic mass is 16.2. The molecule has 2 aliphatic heterocycles. The smallest absolute Gasteiger partial charge is 0.253 e. The first kappa shape index (κ1) is 21.4. The first-order chi connectivity index (χ1) is 16.2. The summed E-state index contributed by atoms with van der Waals surface area (Å²) in [5, 5.41) is 0. The van der Waals surface area contributed by atoms with Gasteiger partial charge in [-0.15, -0.1) is 0 Å². The third-order valence-electron chi connectivity index (χ3n) is 6.60. The number of piperazine rings is 1. The lowest BCUT2D eigenvalue weighted by Gasteiger charge is -2.36. The second-order valence-electron chi connectivity index (χ2n) is 8.94. The molecule has 1 amide bonds. The van der Waals surface area contributed by atoms with E-state index in [-0.39, 0.29) is 5.91 Å². The molecular weight excluding hydrogens is 410 g/mol. The average molecular weight is 442 g/mol. The number of nitrogens with zero attached hydrogens (tertiary/aromatic N) is 5. The van der Waals surface area contributed by atoms with E-state index < -0.39 is 0 Å². The van der Waals surface area contributed by atoms with Crippen LogP contribution >= 0.6 is 0 Å². The molecule has 0 radical (unpaired) electrons. The van der Waals surface area contributed by atoms with Gasteiger partial charge in [-0.2, -0.15) is 4.98 Å². The molecule has 3 aromatic rings. The zero-order valence-corrected chi connectivity index (χ0v) is 19.3. The Balaban J connectivity index is 1.23. The molecule has 5 rings (SSSR count). The van der Waals surface area contributed by atoms with Crippen molar-refractivity contribution in [3.05, 3.63) is 71.9 Å². The first-order valence-electron chi connectivity index (χ1n) is 12.0. The molecule has 3 heterocycles. The molecule has 0 unspecified atom stereocenters. The minimum Gasteiger partial charge on any atom is -0.353 e. The maximum atomic E-state index is 13.1. The van der Waals surface area contributed by atoms with Gasteiger partial charge in [0.05, 0.1) is 0 Å². The number of hydrogen-bond acceptors (Lipinski definition) is 5. The topological polar surface area (TPSA) is 52.6 Å². The van der Waals surface area contributed by atoms with E-state index in [2.05, 4.69) is 33.0 Å². The molecule has 33 heavy (non-hydrogen) atoms. The van der Waals surface area contributed by atoms with E-state index in [0.717, 1.165) is 60.3 Å². The second-order valence-corrected chi connectivity index (χ2v) is 8.94. The maximum Gasteiger partial charge on any atom is 0.253 e. The summed E-state index contributed by atoms with van der Waals surface area (Å²) in [4.78, 5) is 29.2. The van der Waals surface area contributed by atoms with Crippen LogP contribution in [0.4, 0.5) is 11.8 Å². The van der Waals surface area contributed by atoms with Gasteiger partial charge >= 0.3 is 0 Å². The predicted octanol–water partition coefficient (Wildman–Crippen LogP) is 4.40. The van der Waals surface area contributed by atoms with Gasteiger partial charge in [-0.05, 0) is 49.4 Å². The molecule has 0 aliphatic carbocycles. The summed E-state index contributed by atoms with van der Waals surface area (Å²) >= 11 is 0. The van der Waals surface area contributed by atoms with Crippen molar-refractivity contribution in [2.75, 3.05) is 49.1 Å². The van der Waals surface area contributed by atoms with Crippen LogP contribution in [0.1, 0.15) is 35.3 Å². The van der Waals surface area contributed by atoms with Gasteiger partial charge in [-0.3, -0.25) is 4.79 Å². The minimum atomic E-state index is 0.0992. The summed E-state index contributed by atoms with van der Waals surface area (Å²) in [7, 11) is 0. The molecule has 2 saturated heterocycles. The Bertz CT molecular complexity index is 1090. The van der Waals surface area contributed by atoms with Gasteiger partial charge in [0.25, 0.3) is 5.91 Å². The van der Waals surface area contributed by atoms with Crippen LogP contribution in [-0.4, -0.2) is 60.0 Å². The zero-order chi connectivity index (χ0) is 22.6. The summed E-state index contributed by atoms with van der Waals surface area (Å²) in [6.07, 6.45) is 3.71. The quantitative estimate of drug-likeness (QED) is 0.601. The second kappa shape index (κ2) is 9.61. The Morgan fingerprint density at radius 3 is 2.09 bits per heavy atom. The Morgan fingerprint density at radius 2 is 1.39 bits per heavy atom. The van der Waals surface area contributed by atoms with Crippen LogP contribution in [0, 0.1) is 6.92 Å². The van der Waals surface area contributed by atoms with E-state index >= 15 is 0 Å². The van der Waals surface area contributed by atoms with Gasteiger partial charge in [-0.1, -0.05) is 42.5 Å². The van der Waals surface area contributed by atoms with Crippen molar-refractivity contribution >= 4 is 17.7 Å². The van der Waals surface area contributed by atoms with E-state index in [1.54, 1.807) is 0 Å². The molecule has 2 fully saturated rings. The highest BCUT2D eigenvalue weighted by molar-refractivity contribution is 5.95. The molecule has 2 aliphatic rings. The predicted molar refractivity (Wildman–Crippen MR) is 133 cm³/mol. The molecule has 0 atom stereocenters. The van der Waals surface area contributed by atoms with Crippen molar-refractivity contribution in [3.8, 4) is 11.1 Å². The number of amides is 1. The van der Waals surface area contributed by atoms with Crippen molar-refractivity contribution in [1.82, 2.24) is 14.9 Å². The molecular formula is C27H31N5O. The summed E-state index contributed by atoms with van der Waals surface area (Å²) in [6, 6.07) is 20.3. The number of benzene rings is 2. The number of hydrogen-bond donors (Lipinski definition) is 0. The van der Waals surface area contributed by atoms with Crippen molar-refractivity contribution in [2.24, 2.45) is 0 Å². The van der Waals surface area contributed by atoms with Crippen LogP contribution in [0.3, 0.4) is 0 Å². The van der Waals surface area contributed by atoms with Gasteiger partial charge in [0.1, 0.15) is 5.82 Å². The first-order valence-corrected chi connectivity index (χ1v) is 12.0. The lowest BCUT2D eigenvalue weighted by molar-refractivity contribution is 0.0746. The molecule has 1 aromatic heterocycles. The van der Waals surface area contributed by atoms with Gasteiger partial charge in [-0.25, -0.2) is 4.98 Å². The Hall–Kier alpha value is -3.41. The van der Waals surface area contributed by atoms with Crippen LogP contribution in [0.2, 0.25) is 0 Å². The fourth-order valence-electron chi connectivity index (χ4n) is 4.69. The molecule has 0 saturated carbocycles. The monoisotopic (exact) mass is 441 g/mol. The molecule has 0 N–H and O–H groups in total. The number of carbonyl (C=O) groups excluding carboxylic acids is 1. The Morgan fingerprint density at radius 1 is 0.727 bits per heavy atom. The fourth-order valence-corrected chi connectivity index (χ4v) is 4.69. The van der Waals surface area contributed by atoms with Gasteiger partial charge < -0.3 is 14.7 Å². The Labute approximate surface area is 195 Å². The number of aryl methyl sites for hydroxylation is 1. The highest BCUT2D eigenvalue weighted by Crippen LogP contribution is 2.23. The number of piperidine rings is 1. The molecule has 6 nitrogen and oxygen atoms in total. The van der Waals surface area contributed by atoms with Gasteiger partial charge in [0.15, 0.2) is 0 Å². The van der Waals surface area contributed by atoms with Crippen LogP contribution in [0.25, 0.3) is 11.1 Å². The summed E-state index contributed by atoms with van der Waals surface area (Å²) in [5.41, 5.74) is 4.03. The van der Waals surface area contributed by atoms with Crippen LogP contribution in [-0.2, 0) is 0 Å². The van der Waals surface area contributed by atoms with Crippen molar-refractivity contribution in [3.63, 3.8) is 0 Å². The molecule has 6 heteroatoms. The molecule has 0 spiro atoms. The average Bonchev–Trinajstić information content (AvgIpc) is 2.89. The van der Waals surface area contributed by atoms with E-state index in [0.29, 0.717) is 13.1 Å². The van der Waals surface area contributed by atoms with E-state index in [1.165, 1.54) is 19.3 Å². The summed E-state index contributed by atoms with van der Waals surface area (Å²) in [6.45, 7) is 7.07. The van der Waals surface area contributed by atoms with Crippen LogP contribution in [0.15, 0.2) is 60.7 Å². The normalized spacial score (nSPS) is 16.7. The number of carbonyl (C=O) groups is 1. The van der Waals surface area contributed by atoms with Crippen molar-refractivity contribution < 1.29 is 4.79 Å². The third kappa shape index (κ3) is 4.85. The Kier molecular flexibility index (Phi) is 6.24. The van der Waals surface area contributed by atoms with Crippen molar-refractivity contribution in [1.29, 1.82) is 0 Å². The number of rotatable bonds is 4. The van der Waals surface area contributed by atoms with Crippen molar-refractivity contribution in [2.45, 2.75) is 26.2 Å². The standard InChI is InChI=1S/C27H31N5O/c1-21-20-25(29-27(28-21)32-14-6-3-7-15-32)30-16-18-31(19-17-30)26(33)24-12-10-23(11-13-24)22-8-4-2-5-9-22/h2,4-5,8-13,20H,3,6-7,14-19H2,1H3. The third-order valence-corrected chi connectivity index (χ3v) is 6.60. The minimum absolute atomic E-state index is 0.0992. The van der Waals surface area contributed by atoms with Gasteiger partial charge in [0, 0.05) is 56.6 Å². The summed E-state index contributed by atoms with van der Waals surface area (Å²) < 4.78 is 0.